The van der Waals surface area contributed by atoms with Crippen LogP contribution in [0, 0.1) is 6.92 Å². The van der Waals surface area contributed by atoms with Gasteiger partial charge in [-0.3, -0.25) is 9.36 Å². The minimum atomic E-state index is 0.0265. The number of hydrogen-bond donors (Lipinski definition) is 2. The predicted molar refractivity (Wildman–Crippen MR) is 133 cm³/mol. The van der Waals surface area contributed by atoms with E-state index in [0.29, 0.717) is 25.3 Å². The second-order valence-corrected chi connectivity index (χ2v) is 8.66. The van der Waals surface area contributed by atoms with Crippen molar-refractivity contribution in [2.24, 2.45) is 0 Å². The van der Waals surface area contributed by atoms with Crippen molar-refractivity contribution in [3.63, 3.8) is 0 Å². The molecule has 0 aliphatic rings. The van der Waals surface area contributed by atoms with Crippen molar-refractivity contribution in [3.8, 4) is 5.69 Å². The molecule has 168 valence electrons. The molecule has 0 aliphatic carbocycles. The molecule has 0 spiro atoms. The van der Waals surface area contributed by atoms with Crippen LogP contribution in [0.25, 0.3) is 5.69 Å². The minimum Gasteiger partial charge on any atom is -0.378 e. The Hall–Kier alpha value is -3.58. The van der Waals surface area contributed by atoms with Gasteiger partial charge < -0.3 is 10.6 Å². The van der Waals surface area contributed by atoms with Crippen molar-refractivity contribution >= 4 is 23.4 Å². The molecule has 1 amide bonds. The van der Waals surface area contributed by atoms with Crippen LogP contribution in [-0.2, 0) is 17.9 Å². The molecule has 1 heterocycles. The van der Waals surface area contributed by atoms with Crippen LogP contribution in [0.1, 0.15) is 23.4 Å². The Kier molecular flexibility index (Phi) is 7.76. The molecule has 0 bridgehead atoms. The Labute approximate surface area is 198 Å². The zero-order chi connectivity index (χ0) is 22.9. The number of carbonyl (C=O) groups is 1. The number of benzene rings is 3. The predicted octanol–water partition coefficient (Wildman–Crippen LogP) is 4.99. The quantitative estimate of drug-likeness (QED) is 0.329. The van der Waals surface area contributed by atoms with Crippen LogP contribution in [0.4, 0.5) is 5.69 Å². The van der Waals surface area contributed by atoms with Crippen LogP contribution in [-0.4, -0.2) is 26.4 Å². The fraction of sp³-hybridized carbons (Fsp3) is 0.192. The van der Waals surface area contributed by atoms with Crippen molar-refractivity contribution in [1.29, 1.82) is 0 Å². The van der Waals surface area contributed by atoms with Crippen LogP contribution in [0.2, 0.25) is 0 Å². The maximum Gasteiger partial charge on any atom is 0.221 e. The van der Waals surface area contributed by atoms with Gasteiger partial charge in [-0.05, 0) is 36.2 Å². The first-order valence-electron chi connectivity index (χ1n) is 10.9. The smallest absolute Gasteiger partial charge is 0.221 e. The highest BCUT2D eigenvalue weighted by Crippen LogP contribution is 2.23. The molecule has 0 unspecified atom stereocenters. The topological polar surface area (TPSA) is 71.8 Å². The number of aryl methyl sites for hydroxylation is 1. The molecule has 4 rings (SSSR count). The number of carbonyl (C=O) groups excluding carboxylic acids is 1. The molecule has 6 nitrogen and oxygen atoms in total. The Bertz CT molecular complexity index is 1180. The number of nitrogens with zero attached hydrogens (tertiary/aromatic N) is 3. The van der Waals surface area contributed by atoms with Gasteiger partial charge in [0.25, 0.3) is 0 Å². The summed E-state index contributed by atoms with van der Waals surface area (Å²) >= 11 is 1.54. The zero-order valence-electron chi connectivity index (χ0n) is 18.6. The number of aromatic nitrogens is 3. The molecule has 0 atom stereocenters. The van der Waals surface area contributed by atoms with E-state index in [1.54, 1.807) is 0 Å². The Morgan fingerprint density at radius 3 is 2.33 bits per heavy atom. The highest BCUT2D eigenvalue weighted by Gasteiger charge is 2.15. The maximum atomic E-state index is 12.3. The van der Waals surface area contributed by atoms with E-state index in [1.807, 2.05) is 72.8 Å². The summed E-state index contributed by atoms with van der Waals surface area (Å²) < 4.78 is 2.05. The fourth-order valence-corrected chi connectivity index (χ4v) is 4.32. The lowest BCUT2D eigenvalue weighted by Crippen LogP contribution is -2.23. The maximum absolute atomic E-state index is 12.3. The van der Waals surface area contributed by atoms with Crippen LogP contribution < -0.4 is 10.6 Å². The molecular weight excluding hydrogens is 430 g/mol. The largest absolute Gasteiger partial charge is 0.378 e. The van der Waals surface area contributed by atoms with Crippen molar-refractivity contribution in [1.82, 2.24) is 20.1 Å². The molecule has 0 aliphatic heterocycles. The third kappa shape index (κ3) is 6.23. The number of amides is 1. The summed E-state index contributed by atoms with van der Waals surface area (Å²) in [6, 6.07) is 28.2. The third-order valence-electron chi connectivity index (χ3n) is 5.19. The van der Waals surface area contributed by atoms with Crippen molar-refractivity contribution in [2.45, 2.75) is 31.6 Å². The standard InChI is InChI=1S/C26H27N5OS/c1-20-10-8-9-15-23(20)27-19-24-29-30-26(31(24)22-13-6-3-7-14-22)33-17-16-25(32)28-18-21-11-4-2-5-12-21/h2-15,27H,16-19H2,1H3,(H,28,32). The SMILES string of the molecule is Cc1ccccc1NCc1nnc(SCCC(=O)NCc2ccccc2)n1-c1ccccc1. The Morgan fingerprint density at radius 2 is 1.58 bits per heavy atom. The Morgan fingerprint density at radius 1 is 0.879 bits per heavy atom. The monoisotopic (exact) mass is 457 g/mol. The van der Waals surface area contributed by atoms with Gasteiger partial charge in [-0.15, -0.1) is 10.2 Å². The summed E-state index contributed by atoms with van der Waals surface area (Å²) in [5.41, 5.74) is 4.34. The summed E-state index contributed by atoms with van der Waals surface area (Å²) in [7, 11) is 0. The summed E-state index contributed by atoms with van der Waals surface area (Å²) in [5, 5.41) is 16.1. The van der Waals surface area contributed by atoms with E-state index in [0.717, 1.165) is 27.9 Å². The van der Waals surface area contributed by atoms with Gasteiger partial charge in [-0.1, -0.05) is 78.5 Å². The number of nitrogens with one attached hydrogen (secondary N) is 2. The molecule has 33 heavy (non-hydrogen) atoms. The van der Waals surface area contributed by atoms with E-state index >= 15 is 0 Å². The number of thioether (sulfide) groups is 1. The second kappa shape index (κ2) is 11.3. The van der Waals surface area contributed by atoms with E-state index in [1.165, 1.54) is 17.3 Å². The molecule has 2 N–H and O–H groups in total. The summed E-state index contributed by atoms with van der Waals surface area (Å²) in [4.78, 5) is 12.3. The normalized spacial score (nSPS) is 10.7. The molecule has 4 aromatic rings. The van der Waals surface area contributed by atoms with Crippen LogP contribution in [0.3, 0.4) is 0 Å². The van der Waals surface area contributed by atoms with Gasteiger partial charge in [0, 0.05) is 30.1 Å². The lowest BCUT2D eigenvalue weighted by molar-refractivity contribution is -0.120. The van der Waals surface area contributed by atoms with Crippen molar-refractivity contribution in [3.05, 3.63) is 102 Å². The lowest BCUT2D eigenvalue weighted by atomic mass is 10.2. The fourth-order valence-electron chi connectivity index (χ4n) is 3.41. The number of rotatable bonds is 10. The molecule has 3 aromatic carbocycles. The molecule has 0 saturated heterocycles. The zero-order valence-corrected chi connectivity index (χ0v) is 19.4. The first-order chi connectivity index (χ1) is 16.2. The van der Waals surface area contributed by atoms with E-state index in [4.69, 9.17) is 0 Å². The molecule has 1 aromatic heterocycles. The molecule has 7 heteroatoms. The van der Waals surface area contributed by atoms with Gasteiger partial charge in [-0.2, -0.15) is 0 Å². The highest BCUT2D eigenvalue weighted by molar-refractivity contribution is 7.99. The number of para-hydroxylation sites is 2. The Balaban J connectivity index is 1.40. The van der Waals surface area contributed by atoms with E-state index < -0.39 is 0 Å². The van der Waals surface area contributed by atoms with Gasteiger partial charge in [0.05, 0.1) is 6.54 Å². The van der Waals surface area contributed by atoms with Crippen LogP contribution in [0.15, 0.2) is 90.1 Å². The second-order valence-electron chi connectivity index (χ2n) is 7.60. The molecule has 0 saturated carbocycles. The lowest BCUT2D eigenvalue weighted by Gasteiger charge is -2.12. The van der Waals surface area contributed by atoms with Crippen molar-refractivity contribution in [2.75, 3.05) is 11.1 Å². The third-order valence-corrected chi connectivity index (χ3v) is 6.12. The highest BCUT2D eigenvalue weighted by atomic mass is 32.2. The van der Waals surface area contributed by atoms with Gasteiger partial charge in [0.2, 0.25) is 5.91 Å². The molecule has 0 fully saturated rings. The summed E-state index contributed by atoms with van der Waals surface area (Å²) in [5.74, 6) is 1.47. The van der Waals surface area contributed by atoms with Crippen LogP contribution >= 0.6 is 11.8 Å². The van der Waals surface area contributed by atoms with E-state index in [9.17, 15) is 4.79 Å². The summed E-state index contributed by atoms with van der Waals surface area (Å²) in [6.45, 7) is 3.17. The van der Waals surface area contributed by atoms with Gasteiger partial charge >= 0.3 is 0 Å². The van der Waals surface area contributed by atoms with Gasteiger partial charge in [-0.25, -0.2) is 0 Å². The van der Waals surface area contributed by atoms with Crippen LogP contribution in [0.5, 0.6) is 0 Å². The summed E-state index contributed by atoms with van der Waals surface area (Å²) in [6.07, 6.45) is 0.413. The molecule has 0 radical (unpaired) electrons. The first-order valence-corrected chi connectivity index (χ1v) is 11.9. The first kappa shape index (κ1) is 22.6. The molecular formula is C26H27N5OS. The average Bonchev–Trinajstić information content (AvgIpc) is 3.26. The van der Waals surface area contributed by atoms with Gasteiger partial charge in [0.15, 0.2) is 11.0 Å². The average molecular weight is 458 g/mol. The van der Waals surface area contributed by atoms with Gasteiger partial charge in [0.1, 0.15) is 0 Å². The number of hydrogen-bond acceptors (Lipinski definition) is 5. The number of anilines is 1. The minimum absolute atomic E-state index is 0.0265. The van der Waals surface area contributed by atoms with E-state index in [2.05, 4.69) is 44.5 Å². The van der Waals surface area contributed by atoms with Crippen molar-refractivity contribution < 1.29 is 4.79 Å². The van der Waals surface area contributed by atoms with E-state index in [-0.39, 0.29) is 5.91 Å².